The first kappa shape index (κ1) is 15.2. The van der Waals surface area contributed by atoms with Crippen LogP contribution in [-0.2, 0) is 0 Å². The third-order valence-corrected chi connectivity index (χ3v) is 4.77. The van der Waals surface area contributed by atoms with Gasteiger partial charge in [-0.1, -0.05) is 12.1 Å². The van der Waals surface area contributed by atoms with Crippen LogP contribution < -0.4 is 5.32 Å². The zero-order chi connectivity index (χ0) is 17.7. The Morgan fingerprint density at radius 2 is 2.04 bits per heavy atom. The zero-order valence-corrected chi connectivity index (χ0v) is 13.7. The van der Waals surface area contributed by atoms with Crippen LogP contribution in [0.4, 0.5) is 14.7 Å². The van der Waals surface area contributed by atoms with Crippen molar-refractivity contribution >= 4 is 27.9 Å². The molecule has 4 aromatic rings. The fourth-order valence-electron chi connectivity index (χ4n) is 3.40. The summed E-state index contributed by atoms with van der Waals surface area (Å²) in [5.41, 5.74) is 3.65. The molecule has 26 heavy (non-hydrogen) atoms. The smallest absolute Gasteiger partial charge is 0.252 e. The normalized spacial score (nSPS) is 16.7. The van der Waals surface area contributed by atoms with E-state index in [0.717, 1.165) is 27.4 Å². The fourth-order valence-corrected chi connectivity index (χ4v) is 3.40. The molecule has 0 atom stereocenters. The van der Waals surface area contributed by atoms with Crippen molar-refractivity contribution in [3.63, 3.8) is 0 Å². The molecule has 0 amide bonds. The maximum absolute atomic E-state index is 13.0. The lowest BCUT2D eigenvalue weighted by Crippen LogP contribution is -2.44. The number of fused-ring (bicyclic) bond motifs is 2. The van der Waals surface area contributed by atoms with Gasteiger partial charge in [-0.05, 0) is 23.8 Å². The highest BCUT2D eigenvalue weighted by atomic mass is 19.3. The van der Waals surface area contributed by atoms with Crippen molar-refractivity contribution < 1.29 is 8.78 Å². The number of H-pyrrole nitrogens is 1. The van der Waals surface area contributed by atoms with Gasteiger partial charge in [0, 0.05) is 53.8 Å². The van der Waals surface area contributed by atoms with Gasteiger partial charge < -0.3 is 10.3 Å². The quantitative estimate of drug-likeness (QED) is 0.575. The molecule has 0 saturated heterocycles. The third-order valence-electron chi connectivity index (χ3n) is 4.77. The van der Waals surface area contributed by atoms with E-state index in [4.69, 9.17) is 0 Å². The van der Waals surface area contributed by atoms with E-state index in [1.54, 1.807) is 12.4 Å². The van der Waals surface area contributed by atoms with Crippen LogP contribution >= 0.6 is 0 Å². The Morgan fingerprint density at radius 3 is 2.88 bits per heavy atom. The molecule has 2 N–H and O–H groups in total. The molecule has 3 aromatic heterocycles. The molecular weight excluding hydrogens is 336 g/mol. The molecule has 7 heteroatoms. The van der Waals surface area contributed by atoms with E-state index in [2.05, 4.69) is 31.3 Å². The van der Waals surface area contributed by atoms with E-state index >= 15 is 0 Å². The molecule has 0 spiro atoms. The van der Waals surface area contributed by atoms with E-state index in [-0.39, 0.29) is 18.9 Å². The number of hydrogen-bond donors (Lipinski definition) is 2. The molecule has 1 fully saturated rings. The summed E-state index contributed by atoms with van der Waals surface area (Å²) in [6.45, 7) is 0. The molecule has 0 radical (unpaired) electrons. The molecule has 1 saturated carbocycles. The van der Waals surface area contributed by atoms with E-state index in [0.29, 0.717) is 11.6 Å². The molecule has 1 aliphatic carbocycles. The second kappa shape index (κ2) is 5.45. The average molecular weight is 351 g/mol. The first-order chi connectivity index (χ1) is 12.6. The summed E-state index contributed by atoms with van der Waals surface area (Å²) < 4.78 is 25.9. The average Bonchev–Trinajstić information content (AvgIpc) is 3.03. The van der Waals surface area contributed by atoms with Gasteiger partial charge in [-0.15, -0.1) is 0 Å². The van der Waals surface area contributed by atoms with E-state index in [1.807, 2.05) is 30.5 Å². The number of nitrogens with zero attached hydrogens (tertiary/aromatic N) is 3. The van der Waals surface area contributed by atoms with Crippen LogP contribution in [0.3, 0.4) is 0 Å². The maximum Gasteiger partial charge on any atom is 0.252 e. The number of rotatable bonds is 3. The number of pyridine rings is 1. The van der Waals surface area contributed by atoms with Gasteiger partial charge in [-0.25, -0.2) is 13.8 Å². The highest BCUT2D eigenvalue weighted by Crippen LogP contribution is 2.39. The van der Waals surface area contributed by atoms with Gasteiger partial charge in [-0.2, -0.15) is 4.98 Å². The summed E-state index contributed by atoms with van der Waals surface area (Å²) in [5, 5.41) is 4.92. The summed E-state index contributed by atoms with van der Waals surface area (Å²) in [5.74, 6) is -2.19. The summed E-state index contributed by atoms with van der Waals surface area (Å²) in [4.78, 5) is 16.2. The largest absolute Gasteiger partial charge is 0.351 e. The number of aromatic amines is 1. The van der Waals surface area contributed by atoms with Crippen LogP contribution in [-0.4, -0.2) is 31.9 Å². The maximum atomic E-state index is 13.0. The van der Waals surface area contributed by atoms with Crippen molar-refractivity contribution in [2.24, 2.45) is 0 Å². The Balaban J connectivity index is 1.47. The standard InChI is InChI=1S/C19H15F2N5/c20-19(21)7-13(8-19)25-18-24-10-15-14(9-23-17(15)26-18)11-3-4-16-12(6-11)2-1-5-22-16/h1-6,9-10,13H,7-8H2,(H2,23,24,25,26). The number of benzene rings is 1. The van der Waals surface area contributed by atoms with Crippen LogP contribution in [0.2, 0.25) is 0 Å². The fraction of sp³-hybridized carbons (Fsp3) is 0.211. The molecule has 130 valence electrons. The molecule has 1 aliphatic rings. The van der Waals surface area contributed by atoms with Crippen LogP contribution in [0.25, 0.3) is 33.1 Å². The molecule has 0 bridgehead atoms. The predicted molar refractivity (Wildman–Crippen MR) is 96.2 cm³/mol. The van der Waals surface area contributed by atoms with Crippen LogP contribution in [0.1, 0.15) is 12.8 Å². The number of halogens is 2. The Morgan fingerprint density at radius 1 is 1.15 bits per heavy atom. The number of nitrogens with one attached hydrogen (secondary N) is 2. The Kier molecular flexibility index (Phi) is 3.19. The summed E-state index contributed by atoms with van der Waals surface area (Å²) >= 11 is 0. The molecule has 0 aliphatic heterocycles. The van der Waals surface area contributed by atoms with E-state index in [1.165, 1.54) is 0 Å². The van der Waals surface area contributed by atoms with Crippen LogP contribution in [0.5, 0.6) is 0 Å². The molecule has 5 rings (SSSR count). The van der Waals surface area contributed by atoms with Crippen molar-refractivity contribution in [1.82, 2.24) is 19.9 Å². The SMILES string of the molecule is FC1(F)CC(Nc2ncc3c(-c4ccc5ncccc5c4)c[nH]c3n2)C1. The number of hydrogen-bond acceptors (Lipinski definition) is 4. The van der Waals surface area contributed by atoms with Crippen molar-refractivity contribution in [2.45, 2.75) is 24.8 Å². The lowest BCUT2D eigenvalue weighted by atomic mass is 9.88. The van der Waals surface area contributed by atoms with Crippen molar-refractivity contribution in [1.29, 1.82) is 0 Å². The second-order valence-electron chi connectivity index (χ2n) is 6.67. The predicted octanol–water partition coefficient (Wildman–Crippen LogP) is 4.38. The topological polar surface area (TPSA) is 66.5 Å². The van der Waals surface area contributed by atoms with Gasteiger partial charge >= 0.3 is 0 Å². The highest BCUT2D eigenvalue weighted by Gasteiger charge is 2.45. The Hall–Kier alpha value is -3.09. The van der Waals surface area contributed by atoms with E-state index < -0.39 is 5.92 Å². The van der Waals surface area contributed by atoms with Gasteiger partial charge in [0.05, 0.1) is 5.52 Å². The number of alkyl halides is 2. The summed E-state index contributed by atoms with van der Waals surface area (Å²) in [6, 6.07) is 9.73. The first-order valence-corrected chi connectivity index (χ1v) is 8.41. The first-order valence-electron chi connectivity index (χ1n) is 8.41. The molecule has 1 aromatic carbocycles. The Labute approximate surface area is 147 Å². The Bertz CT molecular complexity index is 1110. The molecule has 0 unspecified atom stereocenters. The third kappa shape index (κ3) is 2.56. The minimum atomic E-state index is -2.56. The monoisotopic (exact) mass is 351 g/mol. The van der Waals surface area contributed by atoms with Crippen molar-refractivity contribution in [3.05, 3.63) is 48.9 Å². The lowest BCUT2D eigenvalue weighted by Gasteiger charge is -2.35. The minimum Gasteiger partial charge on any atom is -0.351 e. The van der Waals surface area contributed by atoms with Crippen LogP contribution in [0, 0.1) is 0 Å². The highest BCUT2D eigenvalue weighted by molar-refractivity contribution is 5.96. The minimum absolute atomic E-state index is 0.171. The molecule has 3 heterocycles. The molecular formula is C19H15F2N5. The van der Waals surface area contributed by atoms with Crippen LogP contribution in [0.15, 0.2) is 48.9 Å². The lowest BCUT2D eigenvalue weighted by molar-refractivity contribution is -0.0794. The second-order valence-corrected chi connectivity index (χ2v) is 6.67. The summed E-state index contributed by atoms with van der Waals surface area (Å²) in [6.07, 6.45) is 5.04. The number of aromatic nitrogens is 4. The van der Waals surface area contributed by atoms with Gasteiger partial charge in [0.2, 0.25) is 5.95 Å². The van der Waals surface area contributed by atoms with E-state index in [9.17, 15) is 8.78 Å². The summed E-state index contributed by atoms with van der Waals surface area (Å²) in [7, 11) is 0. The number of anilines is 1. The molecule has 5 nitrogen and oxygen atoms in total. The zero-order valence-electron chi connectivity index (χ0n) is 13.7. The van der Waals surface area contributed by atoms with Gasteiger partial charge in [0.25, 0.3) is 5.92 Å². The van der Waals surface area contributed by atoms with Crippen molar-refractivity contribution in [2.75, 3.05) is 5.32 Å². The van der Waals surface area contributed by atoms with Gasteiger partial charge in [0.1, 0.15) is 5.65 Å². The van der Waals surface area contributed by atoms with Gasteiger partial charge in [-0.3, -0.25) is 4.98 Å². The van der Waals surface area contributed by atoms with Gasteiger partial charge in [0.15, 0.2) is 0 Å². The van der Waals surface area contributed by atoms with Crippen molar-refractivity contribution in [3.8, 4) is 11.1 Å².